The molecule has 1 unspecified atom stereocenters. The summed E-state index contributed by atoms with van der Waals surface area (Å²) in [6.45, 7) is 5.42. The van der Waals surface area contributed by atoms with Gasteiger partial charge in [0.05, 0.1) is 25.9 Å². The summed E-state index contributed by atoms with van der Waals surface area (Å²) < 4.78 is 10.3. The highest BCUT2D eigenvalue weighted by atomic mass is 16.5. The van der Waals surface area contributed by atoms with Gasteiger partial charge < -0.3 is 20.3 Å². The number of ether oxygens (including phenoxy) is 2. The molecule has 0 radical (unpaired) electrons. The van der Waals surface area contributed by atoms with Gasteiger partial charge >= 0.3 is 0 Å². The summed E-state index contributed by atoms with van der Waals surface area (Å²) in [6, 6.07) is 0.945. The molecular weight excluding hydrogens is 256 g/mol. The largest absolute Gasteiger partial charge is 0.389 e. The summed E-state index contributed by atoms with van der Waals surface area (Å²) in [6.07, 6.45) is 5.20. The number of methoxy groups -OCH3 is 1. The first-order chi connectivity index (χ1) is 9.67. The topological polar surface area (TPSA) is 68.0 Å². The van der Waals surface area contributed by atoms with Gasteiger partial charge in [0.15, 0.2) is 0 Å². The Bertz CT molecular complexity index is 233. The maximum absolute atomic E-state index is 10.1. The average molecular weight is 288 g/mol. The van der Waals surface area contributed by atoms with E-state index in [1.165, 1.54) is 0 Å². The Labute approximate surface area is 123 Å². The Hall–Kier alpha value is -0.200. The van der Waals surface area contributed by atoms with Gasteiger partial charge in [0.2, 0.25) is 0 Å². The van der Waals surface area contributed by atoms with Crippen LogP contribution in [-0.4, -0.2) is 68.2 Å². The molecule has 0 bridgehead atoms. The molecule has 5 nitrogen and oxygen atoms in total. The lowest BCUT2D eigenvalue weighted by atomic mass is 9.90. The van der Waals surface area contributed by atoms with Gasteiger partial charge in [0.25, 0.3) is 0 Å². The summed E-state index contributed by atoms with van der Waals surface area (Å²) in [4.78, 5) is 2.41. The van der Waals surface area contributed by atoms with Crippen molar-refractivity contribution in [2.24, 2.45) is 5.73 Å². The number of aliphatic hydroxyl groups is 1. The highest BCUT2D eigenvalue weighted by Crippen LogP contribution is 2.22. The second-order valence-corrected chi connectivity index (χ2v) is 5.79. The van der Waals surface area contributed by atoms with Gasteiger partial charge in [-0.3, -0.25) is 4.90 Å². The molecule has 0 spiro atoms. The van der Waals surface area contributed by atoms with Crippen LogP contribution in [0.5, 0.6) is 0 Å². The van der Waals surface area contributed by atoms with E-state index >= 15 is 0 Å². The molecular formula is C15H32N2O3. The maximum atomic E-state index is 10.1. The fourth-order valence-electron chi connectivity index (χ4n) is 2.86. The molecule has 1 saturated carbocycles. The third kappa shape index (κ3) is 6.99. The maximum Gasteiger partial charge on any atom is 0.0900 e. The minimum absolute atomic E-state index is 0.372. The zero-order valence-electron chi connectivity index (χ0n) is 13.1. The Kier molecular flexibility index (Phi) is 9.39. The number of nitrogens with two attached hydrogens (primary N) is 1. The molecule has 0 aliphatic heterocycles. The standard InChI is InChI=1S/C15H32N2O3/c1-3-8-17(14-6-4-13(16)5-7-14)11-15(18)12-20-10-9-19-2/h13-15,18H,3-12,16H2,1-2H3. The predicted molar refractivity (Wildman–Crippen MR) is 80.8 cm³/mol. The van der Waals surface area contributed by atoms with E-state index in [0.29, 0.717) is 38.4 Å². The summed E-state index contributed by atoms with van der Waals surface area (Å²) in [7, 11) is 1.65. The van der Waals surface area contributed by atoms with Gasteiger partial charge in [-0.2, -0.15) is 0 Å². The van der Waals surface area contributed by atoms with Crippen LogP contribution >= 0.6 is 0 Å². The molecule has 1 aliphatic rings. The molecule has 20 heavy (non-hydrogen) atoms. The number of nitrogens with zero attached hydrogens (tertiary/aromatic N) is 1. The second kappa shape index (κ2) is 10.5. The quantitative estimate of drug-likeness (QED) is 0.587. The second-order valence-electron chi connectivity index (χ2n) is 5.79. The van der Waals surface area contributed by atoms with Crippen molar-refractivity contribution in [2.75, 3.05) is 40.0 Å². The Morgan fingerprint density at radius 3 is 2.55 bits per heavy atom. The third-order valence-electron chi connectivity index (χ3n) is 3.96. The number of rotatable bonds is 10. The predicted octanol–water partition coefficient (Wildman–Crippen LogP) is 0.992. The Morgan fingerprint density at radius 1 is 1.25 bits per heavy atom. The lowest BCUT2D eigenvalue weighted by molar-refractivity contribution is -0.00945. The van der Waals surface area contributed by atoms with Gasteiger partial charge in [0.1, 0.15) is 0 Å². The van der Waals surface area contributed by atoms with Gasteiger partial charge in [-0.25, -0.2) is 0 Å². The van der Waals surface area contributed by atoms with Gasteiger partial charge in [0, 0.05) is 25.7 Å². The summed E-state index contributed by atoms with van der Waals surface area (Å²) in [5.74, 6) is 0. The fourth-order valence-corrected chi connectivity index (χ4v) is 2.86. The molecule has 1 rings (SSSR count). The van der Waals surface area contributed by atoms with Crippen LogP contribution < -0.4 is 5.73 Å². The van der Waals surface area contributed by atoms with Crippen LogP contribution in [0.25, 0.3) is 0 Å². The normalized spacial score (nSPS) is 25.1. The lowest BCUT2D eigenvalue weighted by Gasteiger charge is -2.37. The van der Waals surface area contributed by atoms with Crippen molar-refractivity contribution >= 4 is 0 Å². The molecule has 0 aromatic rings. The highest BCUT2D eigenvalue weighted by Gasteiger charge is 2.25. The van der Waals surface area contributed by atoms with E-state index in [4.69, 9.17) is 15.2 Å². The number of aliphatic hydroxyl groups excluding tert-OH is 1. The van der Waals surface area contributed by atoms with Crippen molar-refractivity contribution < 1.29 is 14.6 Å². The first-order valence-electron chi connectivity index (χ1n) is 7.91. The van der Waals surface area contributed by atoms with E-state index in [9.17, 15) is 5.11 Å². The smallest absolute Gasteiger partial charge is 0.0900 e. The van der Waals surface area contributed by atoms with E-state index in [1.54, 1.807) is 7.11 Å². The molecule has 0 amide bonds. The molecule has 5 heteroatoms. The summed E-state index contributed by atoms with van der Waals surface area (Å²) >= 11 is 0. The minimum atomic E-state index is -0.422. The van der Waals surface area contributed by atoms with Gasteiger partial charge in [-0.05, 0) is 38.6 Å². The lowest BCUT2D eigenvalue weighted by Crippen LogP contribution is -2.45. The van der Waals surface area contributed by atoms with Crippen molar-refractivity contribution in [1.29, 1.82) is 0 Å². The third-order valence-corrected chi connectivity index (χ3v) is 3.96. The molecule has 0 aromatic heterocycles. The van der Waals surface area contributed by atoms with Crippen LogP contribution in [-0.2, 0) is 9.47 Å². The monoisotopic (exact) mass is 288 g/mol. The van der Waals surface area contributed by atoms with Crippen molar-refractivity contribution in [3.63, 3.8) is 0 Å². The molecule has 3 N–H and O–H groups in total. The number of hydrogen-bond acceptors (Lipinski definition) is 5. The first-order valence-corrected chi connectivity index (χ1v) is 7.91. The van der Waals surface area contributed by atoms with Crippen LogP contribution in [0.2, 0.25) is 0 Å². The highest BCUT2D eigenvalue weighted by molar-refractivity contribution is 4.82. The van der Waals surface area contributed by atoms with Crippen molar-refractivity contribution in [3.8, 4) is 0 Å². The molecule has 0 aromatic carbocycles. The SMILES string of the molecule is CCCN(CC(O)COCCOC)C1CCC(N)CC1. The van der Waals surface area contributed by atoms with Crippen molar-refractivity contribution in [3.05, 3.63) is 0 Å². The van der Waals surface area contributed by atoms with E-state index in [2.05, 4.69) is 11.8 Å². The van der Waals surface area contributed by atoms with Crippen molar-refractivity contribution in [2.45, 2.75) is 57.2 Å². The van der Waals surface area contributed by atoms with Crippen LogP contribution in [0.3, 0.4) is 0 Å². The van der Waals surface area contributed by atoms with Crippen LogP contribution in [0, 0.1) is 0 Å². The molecule has 1 fully saturated rings. The molecule has 1 aliphatic carbocycles. The van der Waals surface area contributed by atoms with Crippen molar-refractivity contribution in [1.82, 2.24) is 4.90 Å². The average Bonchev–Trinajstić information content (AvgIpc) is 2.44. The van der Waals surface area contributed by atoms with Gasteiger partial charge in [-0.1, -0.05) is 6.92 Å². The first kappa shape index (κ1) is 17.9. The van der Waals surface area contributed by atoms with Crippen LogP contribution in [0.15, 0.2) is 0 Å². The zero-order chi connectivity index (χ0) is 14.8. The molecule has 1 atom stereocenters. The molecule has 0 heterocycles. The van der Waals surface area contributed by atoms with E-state index in [0.717, 1.165) is 38.6 Å². The van der Waals surface area contributed by atoms with E-state index in [-0.39, 0.29) is 0 Å². The van der Waals surface area contributed by atoms with Crippen LogP contribution in [0.4, 0.5) is 0 Å². The van der Waals surface area contributed by atoms with E-state index < -0.39 is 6.10 Å². The minimum Gasteiger partial charge on any atom is -0.389 e. The summed E-state index contributed by atoms with van der Waals surface area (Å²) in [5.41, 5.74) is 5.97. The zero-order valence-corrected chi connectivity index (χ0v) is 13.1. The Morgan fingerprint density at radius 2 is 1.95 bits per heavy atom. The number of hydrogen-bond donors (Lipinski definition) is 2. The molecule has 120 valence electrons. The van der Waals surface area contributed by atoms with Gasteiger partial charge in [-0.15, -0.1) is 0 Å². The fraction of sp³-hybridized carbons (Fsp3) is 1.00. The summed E-state index contributed by atoms with van der Waals surface area (Å²) in [5, 5.41) is 10.1. The van der Waals surface area contributed by atoms with Crippen LogP contribution in [0.1, 0.15) is 39.0 Å². The Balaban J connectivity index is 2.30. The van der Waals surface area contributed by atoms with E-state index in [1.807, 2.05) is 0 Å². The molecule has 0 saturated heterocycles.